The van der Waals surface area contributed by atoms with E-state index < -0.39 is 36.8 Å². The first-order valence-corrected chi connectivity index (χ1v) is 10.4. The molecule has 1 aliphatic heterocycles. The lowest BCUT2D eigenvalue weighted by Gasteiger charge is -2.47. The molecule has 1 saturated heterocycles. The number of methoxy groups -OCH3 is 1. The highest BCUT2D eigenvalue weighted by atomic mass is 35.5. The molecule has 1 heterocycles. The maximum Gasteiger partial charge on any atom is 0.224 e. The van der Waals surface area contributed by atoms with E-state index in [1.54, 1.807) is 6.08 Å². The van der Waals surface area contributed by atoms with Crippen LogP contribution in [-0.2, 0) is 15.9 Å². The fourth-order valence-electron chi connectivity index (χ4n) is 3.40. The van der Waals surface area contributed by atoms with Crippen LogP contribution in [0.1, 0.15) is 19.4 Å². The molecule has 0 saturated carbocycles. The SMILES string of the molecule is C=C(/C=C\C(Cl)=C(/C)Cc1ccc(OCC)cc1)[C@]1(OC)OC(CO)[C@@H](O)[C@H](O)[C@H]1O. The summed E-state index contributed by atoms with van der Waals surface area (Å²) in [6.07, 6.45) is -2.13. The lowest BCUT2D eigenvalue weighted by Crippen LogP contribution is -2.66. The fourth-order valence-corrected chi connectivity index (χ4v) is 3.53. The summed E-state index contributed by atoms with van der Waals surface area (Å²) in [5, 5.41) is 40.5. The van der Waals surface area contributed by atoms with E-state index in [4.69, 9.17) is 25.8 Å². The molecule has 8 heteroatoms. The molecule has 172 valence electrons. The molecule has 7 nitrogen and oxygen atoms in total. The lowest BCUT2D eigenvalue weighted by atomic mass is 9.88. The molecule has 5 atom stereocenters. The Morgan fingerprint density at radius 3 is 2.39 bits per heavy atom. The van der Waals surface area contributed by atoms with Gasteiger partial charge in [0.05, 0.1) is 13.2 Å². The Balaban J connectivity index is 2.16. The fraction of sp³-hybridized carbons (Fsp3) is 0.478. The smallest absolute Gasteiger partial charge is 0.224 e. The summed E-state index contributed by atoms with van der Waals surface area (Å²) in [6.45, 7) is 7.73. The summed E-state index contributed by atoms with van der Waals surface area (Å²) < 4.78 is 16.4. The van der Waals surface area contributed by atoms with E-state index in [1.165, 1.54) is 13.2 Å². The first-order chi connectivity index (χ1) is 14.7. The second kappa shape index (κ2) is 11.2. The van der Waals surface area contributed by atoms with E-state index in [0.717, 1.165) is 16.9 Å². The molecule has 2 rings (SSSR count). The molecule has 1 fully saturated rings. The van der Waals surface area contributed by atoms with Crippen molar-refractivity contribution in [3.8, 4) is 5.75 Å². The molecular formula is C23H31ClO7. The number of allylic oxidation sites excluding steroid dienone is 3. The predicted molar refractivity (Wildman–Crippen MR) is 118 cm³/mol. The van der Waals surface area contributed by atoms with Crippen molar-refractivity contribution in [2.24, 2.45) is 0 Å². The van der Waals surface area contributed by atoms with Crippen molar-refractivity contribution in [1.82, 2.24) is 0 Å². The van der Waals surface area contributed by atoms with Crippen molar-refractivity contribution in [1.29, 1.82) is 0 Å². The third kappa shape index (κ3) is 5.75. The molecular weight excluding hydrogens is 424 g/mol. The van der Waals surface area contributed by atoms with Crippen LogP contribution in [0, 0.1) is 0 Å². The molecule has 1 aromatic carbocycles. The third-order valence-corrected chi connectivity index (χ3v) is 5.69. The van der Waals surface area contributed by atoms with Crippen LogP contribution in [0.25, 0.3) is 0 Å². The van der Waals surface area contributed by atoms with Crippen molar-refractivity contribution in [2.45, 2.75) is 50.5 Å². The lowest BCUT2D eigenvalue weighted by molar-refractivity contribution is -0.338. The van der Waals surface area contributed by atoms with Gasteiger partial charge in [0.15, 0.2) is 0 Å². The highest BCUT2D eigenvalue weighted by Gasteiger charge is 2.55. The zero-order chi connectivity index (χ0) is 23.2. The Morgan fingerprint density at radius 1 is 1.19 bits per heavy atom. The number of benzene rings is 1. The van der Waals surface area contributed by atoms with Gasteiger partial charge in [-0.25, -0.2) is 0 Å². The Labute approximate surface area is 187 Å². The minimum atomic E-state index is -1.84. The number of ether oxygens (including phenoxy) is 3. The number of hydrogen-bond acceptors (Lipinski definition) is 7. The quantitative estimate of drug-likeness (QED) is 0.423. The van der Waals surface area contributed by atoms with Crippen LogP contribution in [0.15, 0.2) is 59.2 Å². The zero-order valence-electron chi connectivity index (χ0n) is 18.0. The van der Waals surface area contributed by atoms with Gasteiger partial charge in [-0.05, 0) is 44.0 Å². The average molecular weight is 455 g/mol. The molecule has 0 aromatic heterocycles. The normalized spacial score (nSPS) is 29.7. The average Bonchev–Trinajstić information content (AvgIpc) is 2.77. The summed E-state index contributed by atoms with van der Waals surface area (Å²) in [4.78, 5) is 0. The van der Waals surface area contributed by atoms with Crippen LogP contribution in [0.5, 0.6) is 5.75 Å². The van der Waals surface area contributed by atoms with Crippen molar-refractivity contribution in [3.05, 3.63) is 64.7 Å². The third-order valence-electron chi connectivity index (χ3n) is 5.24. The van der Waals surface area contributed by atoms with Gasteiger partial charge >= 0.3 is 0 Å². The van der Waals surface area contributed by atoms with Gasteiger partial charge in [-0.15, -0.1) is 0 Å². The summed E-state index contributed by atoms with van der Waals surface area (Å²) >= 11 is 6.43. The maximum atomic E-state index is 10.5. The number of halogens is 1. The van der Waals surface area contributed by atoms with Crippen LogP contribution >= 0.6 is 11.6 Å². The van der Waals surface area contributed by atoms with Crippen molar-refractivity contribution < 1.29 is 34.6 Å². The van der Waals surface area contributed by atoms with Gasteiger partial charge in [-0.1, -0.05) is 42.0 Å². The number of aliphatic hydroxyl groups excluding tert-OH is 4. The first-order valence-electron chi connectivity index (χ1n) is 10.0. The second-order valence-corrected chi connectivity index (χ2v) is 7.78. The Morgan fingerprint density at radius 2 is 1.84 bits per heavy atom. The van der Waals surface area contributed by atoms with Gasteiger partial charge in [-0.3, -0.25) is 0 Å². The van der Waals surface area contributed by atoms with E-state index in [2.05, 4.69) is 6.58 Å². The van der Waals surface area contributed by atoms with Gasteiger partial charge in [0.2, 0.25) is 5.79 Å². The minimum Gasteiger partial charge on any atom is -0.494 e. The molecule has 1 aliphatic rings. The summed E-state index contributed by atoms with van der Waals surface area (Å²) in [5.74, 6) is -1.04. The van der Waals surface area contributed by atoms with Crippen molar-refractivity contribution in [3.63, 3.8) is 0 Å². The van der Waals surface area contributed by atoms with E-state index in [1.807, 2.05) is 38.1 Å². The molecule has 0 aliphatic carbocycles. The number of hydrogen-bond donors (Lipinski definition) is 4. The molecule has 1 aromatic rings. The summed E-state index contributed by atoms with van der Waals surface area (Å²) in [5.41, 5.74) is 2.13. The molecule has 0 bridgehead atoms. The molecule has 4 N–H and O–H groups in total. The Hall–Kier alpha value is -1.71. The van der Waals surface area contributed by atoms with Crippen LogP contribution in [0.2, 0.25) is 0 Å². The summed E-state index contributed by atoms with van der Waals surface area (Å²) in [6, 6.07) is 7.74. The maximum absolute atomic E-state index is 10.5. The van der Waals surface area contributed by atoms with Crippen LogP contribution in [0.3, 0.4) is 0 Å². The largest absolute Gasteiger partial charge is 0.494 e. The topological polar surface area (TPSA) is 109 Å². The molecule has 0 amide bonds. The zero-order valence-corrected chi connectivity index (χ0v) is 18.7. The van der Waals surface area contributed by atoms with E-state index in [0.29, 0.717) is 18.1 Å². The van der Waals surface area contributed by atoms with Gasteiger partial charge in [0, 0.05) is 17.7 Å². The molecule has 1 unspecified atom stereocenters. The van der Waals surface area contributed by atoms with Crippen LogP contribution in [0.4, 0.5) is 0 Å². The summed E-state index contributed by atoms with van der Waals surface area (Å²) in [7, 11) is 1.27. The first kappa shape index (κ1) is 25.5. The predicted octanol–water partition coefficient (Wildman–Crippen LogP) is 2.07. The van der Waals surface area contributed by atoms with Crippen LogP contribution in [-0.4, -0.2) is 71.0 Å². The van der Waals surface area contributed by atoms with E-state index in [9.17, 15) is 20.4 Å². The second-order valence-electron chi connectivity index (χ2n) is 7.38. The van der Waals surface area contributed by atoms with Crippen LogP contribution < -0.4 is 4.74 Å². The van der Waals surface area contributed by atoms with Gasteiger partial charge in [0.1, 0.15) is 30.2 Å². The monoisotopic (exact) mass is 454 g/mol. The Kier molecular flexibility index (Phi) is 9.27. The molecule has 31 heavy (non-hydrogen) atoms. The number of rotatable bonds is 9. The van der Waals surface area contributed by atoms with Gasteiger partial charge in [-0.2, -0.15) is 0 Å². The van der Waals surface area contributed by atoms with Gasteiger partial charge in [0.25, 0.3) is 0 Å². The van der Waals surface area contributed by atoms with E-state index in [-0.39, 0.29) is 5.57 Å². The van der Waals surface area contributed by atoms with E-state index >= 15 is 0 Å². The minimum absolute atomic E-state index is 0.166. The number of aliphatic hydroxyl groups is 4. The van der Waals surface area contributed by atoms with Gasteiger partial charge < -0.3 is 34.6 Å². The highest BCUT2D eigenvalue weighted by Crippen LogP contribution is 2.36. The Bertz CT molecular complexity index is 803. The van der Waals surface area contributed by atoms with Crippen molar-refractivity contribution >= 4 is 11.6 Å². The highest BCUT2D eigenvalue weighted by molar-refractivity contribution is 6.31. The standard InChI is InChI=1S/C23H31ClO7/c1-5-30-17-9-7-16(8-10-17)12-14(2)18(24)11-6-15(3)23(29-4)22(28)21(27)20(26)19(13-25)31-23/h6-11,19-22,25-28H,3,5,12-13H2,1-2,4H3/b11-6-,18-14-/t19?,20-,21+,22-,23+/m1/s1. The molecule has 0 spiro atoms. The molecule has 0 radical (unpaired) electrons. The van der Waals surface area contributed by atoms with Crippen molar-refractivity contribution in [2.75, 3.05) is 20.3 Å².